The first-order chi connectivity index (χ1) is 7.36. The maximum absolute atomic E-state index is 11.7. The zero-order chi connectivity index (χ0) is 12.3. The summed E-state index contributed by atoms with van der Waals surface area (Å²) in [4.78, 5) is 0. The third-order valence-corrected chi connectivity index (χ3v) is 4.55. The monoisotopic (exact) mass is 265 g/mol. The highest BCUT2D eigenvalue weighted by atomic mass is 35.5. The zero-order valence-corrected chi connectivity index (χ0v) is 11.2. The van der Waals surface area contributed by atoms with E-state index in [0.29, 0.717) is 5.76 Å². The quantitative estimate of drug-likeness (QED) is 0.768. The van der Waals surface area contributed by atoms with Crippen LogP contribution in [0.4, 0.5) is 0 Å². The summed E-state index contributed by atoms with van der Waals surface area (Å²) in [6.07, 6.45) is 0. The van der Waals surface area contributed by atoms with E-state index in [4.69, 9.17) is 16.0 Å². The molecule has 0 bridgehead atoms. The Bertz CT molecular complexity index is 439. The molecule has 0 aliphatic rings. The van der Waals surface area contributed by atoms with Gasteiger partial charge in [-0.3, -0.25) is 0 Å². The third kappa shape index (κ3) is 3.23. The molecule has 6 heteroatoms. The number of hydrogen-bond donors (Lipinski definition) is 0. The highest BCUT2D eigenvalue weighted by Crippen LogP contribution is 2.16. The molecule has 0 aromatic carbocycles. The smallest absolute Gasteiger partial charge is 0.228 e. The summed E-state index contributed by atoms with van der Waals surface area (Å²) in [7, 11) is -3.41. The average molecular weight is 266 g/mol. The van der Waals surface area contributed by atoms with Crippen LogP contribution in [0.3, 0.4) is 0 Å². The van der Waals surface area contributed by atoms with Crippen molar-refractivity contribution in [3.63, 3.8) is 0 Å². The van der Waals surface area contributed by atoms with Crippen molar-refractivity contribution in [2.45, 2.75) is 33.4 Å². The van der Waals surface area contributed by atoms with Crippen molar-refractivity contribution in [3.8, 4) is 0 Å². The van der Waals surface area contributed by atoms with E-state index < -0.39 is 15.2 Å². The highest BCUT2D eigenvalue weighted by Gasteiger charge is 2.25. The van der Waals surface area contributed by atoms with Crippen molar-refractivity contribution >= 4 is 21.6 Å². The number of rotatable bonds is 5. The van der Waals surface area contributed by atoms with E-state index in [0.717, 1.165) is 5.76 Å². The van der Waals surface area contributed by atoms with Crippen LogP contribution in [0.5, 0.6) is 0 Å². The fourth-order valence-corrected chi connectivity index (χ4v) is 2.86. The van der Waals surface area contributed by atoms with Gasteiger partial charge in [-0.15, -0.1) is 11.6 Å². The van der Waals surface area contributed by atoms with Gasteiger partial charge in [0.05, 0.1) is 6.54 Å². The second kappa shape index (κ2) is 5.21. The second-order valence-corrected chi connectivity index (χ2v) is 6.38. The van der Waals surface area contributed by atoms with Gasteiger partial charge in [0.2, 0.25) is 10.0 Å². The number of nitrogens with zero attached hydrogens (tertiary/aromatic N) is 1. The first-order valence-corrected chi connectivity index (χ1v) is 7.12. The van der Waals surface area contributed by atoms with Gasteiger partial charge in [0.25, 0.3) is 0 Å². The van der Waals surface area contributed by atoms with Gasteiger partial charge >= 0.3 is 0 Å². The Hall–Kier alpha value is -0.520. The van der Waals surface area contributed by atoms with Gasteiger partial charge in [-0.2, -0.15) is 4.31 Å². The molecule has 0 aliphatic carbocycles. The van der Waals surface area contributed by atoms with Crippen molar-refractivity contribution in [2.24, 2.45) is 0 Å². The molecule has 0 amide bonds. The minimum atomic E-state index is -3.41. The summed E-state index contributed by atoms with van der Waals surface area (Å²) in [5.41, 5.74) is 0. The number of aryl methyl sites for hydroxylation is 1. The summed E-state index contributed by atoms with van der Waals surface area (Å²) in [5.74, 6) is 1.39. The molecule has 0 unspecified atom stereocenters. The standard InChI is InChI=1S/C10H16ClNO3S/c1-8(2)12(16(13,14)7-11)6-10-5-4-9(3)15-10/h4-5,8H,6-7H2,1-3H3. The van der Waals surface area contributed by atoms with E-state index in [-0.39, 0.29) is 12.6 Å². The number of halogens is 1. The molecule has 1 rings (SSSR count). The SMILES string of the molecule is Cc1ccc(CN(C(C)C)S(=O)(=O)CCl)o1. The largest absolute Gasteiger partial charge is 0.465 e. The predicted octanol–water partition coefficient (Wildman–Crippen LogP) is 2.32. The first kappa shape index (κ1) is 13.5. The molecule has 0 saturated heterocycles. The second-order valence-electron chi connectivity index (χ2n) is 3.87. The van der Waals surface area contributed by atoms with Crippen molar-refractivity contribution in [3.05, 3.63) is 23.7 Å². The fraction of sp³-hybridized carbons (Fsp3) is 0.600. The van der Waals surface area contributed by atoms with Crippen LogP contribution in [0, 0.1) is 6.92 Å². The van der Waals surface area contributed by atoms with Crippen LogP contribution in [0.1, 0.15) is 25.4 Å². The molecule has 1 heterocycles. The molecule has 16 heavy (non-hydrogen) atoms. The van der Waals surface area contributed by atoms with Crippen LogP contribution in [0.15, 0.2) is 16.5 Å². The summed E-state index contributed by atoms with van der Waals surface area (Å²) >= 11 is 5.44. The van der Waals surface area contributed by atoms with Gasteiger partial charge in [-0.1, -0.05) is 0 Å². The van der Waals surface area contributed by atoms with Crippen LogP contribution >= 0.6 is 11.6 Å². The molecule has 0 N–H and O–H groups in total. The van der Waals surface area contributed by atoms with E-state index >= 15 is 0 Å². The molecule has 1 aromatic rings. The van der Waals surface area contributed by atoms with Crippen molar-refractivity contribution < 1.29 is 12.8 Å². The molecule has 0 aliphatic heterocycles. The van der Waals surface area contributed by atoms with Gasteiger partial charge < -0.3 is 4.42 Å². The molecule has 0 saturated carbocycles. The first-order valence-electron chi connectivity index (χ1n) is 4.97. The third-order valence-electron chi connectivity index (χ3n) is 2.18. The molecular formula is C10H16ClNO3S. The van der Waals surface area contributed by atoms with E-state index in [1.54, 1.807) is 26.0 Å². The predicted molar refractivity (Wildman–Crippen MR) is 63.8 cm³/mol. The lowest BCUT2D eigenvalue weighted by Crippen LogP contribution is -2.36. The Morgan fingerprint density at radius 1 is 1.44 bits per heavy atom. The lowest BCUT2D eigenvalue weighted by Gasteiger charge is -2.23. The van der Waals surface area contributed by atoms with Crippen LogP contribution < -0.4 is 0 Å². The van der Waals surface area contributed by atoms with E-state index in [1.165, 1.54) is 4.31 Å². The molecule has 0 radical (unpaired) electrons. The zero-order valence-electron chi connectivity index (χ0n) is 9.60. The molecule has 92 valence electrons. The minimum absolute atomic E-state index is 0.144. The maximum Gasteiger partial charge on any atom is 0.228 e. The molecule has 0 fully saturated rings. The lowest BCUT2D eigenvalue weighted by molar-refractivity contribution is 0.316. The fourth-order valence-electron chi connectivity index (χ4n) is 1.39. The van der Waals surface area contributed by atoms with Crippen LogP contribution in [-0.4, -0.2) is 24.0 Å². The highest BCUT2D eigenvalue weighted by molar-refractivity contribution is 7.90. The van der Waals surface area contributed by atoms with Crippen LogP contribution in [-0.2, 0) is 16.6 Å². The van der Waals surface area contributed by atoms with Gasteiger partial charge in [-0.25, -0.2) is 8.42 Å². The molecule has 0 atom stereocenters. The summed E-state index contributed by atoms with van der Waals surface area (Å²) in [5, 5.41) is -0.412. The number of furan rings is 1. The molecule has 1 aromatic heterocycles. The van der Waals surface area contributed by atoms with Gasteiger partial charge in [0, 0.05) is 6.04 Å². The Morgan fingerprint density at radius 2 is 2.06 bits per heavy atom. The number of alkyl halides is 1. The summed E-state index contributed by atoms with van der Waals surface area (Å²) in [6.45, 7) is 5.65. The summed E-state index contributed by atoms with van der Waals surface area (Å²) in [6, 6.07) is 3.43. The number of hydrogen-bond acceptors (Lipinski definition) is 3. The Kier molecular flexibility index (Phi) is 4.41. The Balaban J connectivity index is 2.89. The van der Waals surface area contributed by atoms with Crippen LogP contribution in [0.25, 0.3) is 0 Å². The van der Waals surface area contributed by atoms with Gasteiger partial charge in [0.15, 0.2) is 0 Å². The van der Waals surface area contributed by atoms with E-state index in [2.05, 4.69) is 0 Å². The Morgan fingerprint density at radius 3 is 2.44 bits per heavy atom. The minimum Gasteiger partial charge on any atom is -0.465 e. The molecule has 4 nitrogen and oxygen atoms in total. The van der Waals surface area contributed by atoms with Crippen molar-refractivity contribution in [2.75, 3.05) is 5.21 Å². The maximum atomic E-state index is 11.7. The van der Waals surface area contributed by atoms with Gasteiger partial charge in [-0.05, 0) is 32.9 Å². The molecule has 0 spiro atoms. The number of sulfonamides is 1. The molecular weight excluding hydrogens is 250 g/mol. The van der Waals surface area contributed by atoms with Crippen molar-refractivity contribution in [1.82, 2.24) is 4.31 Å². The van der Waals surface area contributed by atoms with Crippen LogP contribution in [0.2, 0.25) is 0 Å². The van der Waals surface area contributed by atoms with E-state index in [9.17, 15) is 8.42 Å². The van der Waals surface area contributed by atoms with Gasteiger partial charge in [0.1, 0.15) is 16.7 Å². The van der Waals surface area contributed by atoms with E-state index in [1.807, 2.05) is 6.92 Å². The average Bonchev–Trinajstić information content (AvgIpc) is 2.60. The lowest BCUT2D eigenvalue weighted by atomic mass is 10.3. The topological polar surface area (TPSA) is 50.5 Å². The Labute approximate surface area is 101 Å². The van der Waals surface area contributed by atoms with Crippen molar-refractivity contribution in [1.29, 1.82) is 0 Å². The normalized spacial score (nSPS) is 12.6. The summed E-state index contributed by atoms with van der Waals surface area (Å²) < 4.78 is 30.1.